The maximum absolute atomic E-state index is 13.9. The quantitative estimate of drug-likeness (QED) is 0.716. The van der Waals surface area contributed by atoms with E-state index in [0.29, 0.717) is 23.4 Å². The number of nitrogens with zero attached hydrogens (tertiary/aromatic N) is 2. The number of hydrogen-bond acceptors (Lipinski definition) is 4. The number of thioether (sulfide) groups is 1. The number of carbonyl (C=O) groups is 2. The van der Waals surface area contributed by atoms with Crippen molar-refractivity contribution in [2.45, 2.75) is 37.6 Å². The lowest BCUT2D eigenvalue weighted by atomic mass is 10.1. The average Bonchev–Trinajstić information content (AvgIpc) is 3.24. The van der Waals surface area contributed by atoms with Crippen molar-refractivity contribution in [1.82, 2.24) is 15.1 Å². The number of rotatable bonds is 6. The highest BCUT2D eigenvalue weighted by molar-refractivity contribution is 7.99. The molecule has 2 fully saturated rings. The number of benzene rings is 2. The first-order chi connectivity index (χ1) is 15.5. The normalized spacial score (nSPS) is 21.5. The summed E-state index contributed by atoms with van der Waals surface area (Å²) in [4.78, 5) is 30.7. The van der Waals surface area contributed by atoms with E-state index in [4.69, 9.17) is 0 Å². The maximum atomic E-state index is 13.9. The molecule has 2 atom stereocenters. The van der Waals surface area contributed by atoms with Crippen LogP contribution in [0.3, 0.4) is 0 Å². The number of aryl methyl sites for hydroxylation is 1. The van der Waals surface area contributed by atoms with Crippen molar-refractivity contribution in [2.24, 2.45) is 0 Å². The molecule has 1 N–H and O–H groups in total. The molecule has 2 heterocycles. The minimum Gasteiger partial charge on any atom is -0.353 e. The molecule has 0 saturated carbocycles. The second kappa shape index (κ2) is 10.5. The Morgan fingerprint density at radius 2 is 1.88 bits per heavy atom. The summed E-state index contributed by atoms with van der Waals surface area (Å²) in [5.41, 5.74) is 2.21. The van der Waals surface area contributed by atoms with Crippen LogP contribution >= 0.6 is 11.8 Å². The lowest BCUT2D eigenvalue weighted by Crippen LogP contribution is -2.49. The van der Waals surface area contributed by atoms with Crippen molar-refractivity contribution in [2.75, 3.05) is 31.9 Å². The Morgan fingerprint density at radius 3 is 2.62 bits per heavy atom. The van der Waals surface area contributed by atoms with Gasteiger partial charge in [-0.05, 0) is 62.7 Å². The van der Waals surface area contributed by atoms with Crippen LogP contribution in [-0.2, 0) is 4.79 Å². The zero-order chi connectivity index (χ0) is 22.5. The van der Waals surface area contributed by atoms with Crippen molar-refractivity contribution >= 4 is 23.6 Å². The minimum absolute atomic E-state index is 0.144. The lowest BCUT2D eigenvalue weighted by Gasteiger charge is -2.30. The average molecular weight is 456 g/mol. The van der Waals surface area contributed by atoms with Gasteiger partial charge in [-0.15, -0.1) is 11.8 Å². The molecular weight excluding hydrogens is 425 g/mol. The fraction of sp³-hybridized carbons (Fsp3) is 0.440. The fourth-order valence-electron chi connectivity index (χ4n) is 4.44. The van der Waals surface area contributed by atoms with Crippen LogP contribution in [0.4, 0.5) is 4.39 Å². The molecule has 7 heteroatoms. The monoisotopic (exact) mass is 455 g/mol. The summed E-state index contributed by atoms with van der Waals surface area (Å²) in [6.45, 7) is 5.48. The van der Waals surface area contributed by atoms with E-state index in [9.17, 15) is 14.0 Å². The second-order valence-corrected chi connectivity index (χ2v) is 9.64. The van der Waals surface area contributed by atoms with E-state index in [2.05, 4.69) is 10.2 Å². The SMILES string of the molecule is Cc1cccc(C(=O)N2C(C(=O)NCCN3CCCCC3)CSC2c2cccc(F)c2)c1. The number of likely N-dealkylation sites (tertiary alicyclic amines) is 1. The molecule has 4 rings (SSSR count). The van der Waals surface area contributed by atoms with Gasteiger partial charge < -0.3 is 15.1 Å². The molecule has 0 radical (unpaired) electrons. The lowest BCUT2D eigenvalue weighted by molar-refractivity contribution is -0.124. The van der Waals surface area contributed by atoms with Crippen LogP contribution in [0, 0.1) is 12.7 Å². The summed E-state index contributed by atoms with van der Waals surface area (Å²) in [5.74, 6) is -0.215. The van der Waals surface area contributed by atoms with Crippen LogP contribution in [0.1, 0.15) is 46.1 Å². The molecule has 5 nitrogen and oxygen atoms in total. The van der Waals surface area contributed by atoms with Crippen molar-refractivity contribution < 1.29 is 14.0 Å². The molecule has 2 amide bonds. The fourth-order valence-corrected chi connectivity index (χ4v) is 5.86. The van der Waals surface area contributed by atoms with Gasteiger partial charge in [-0.1, -0.05) is 36.2 Å². The maximum Gasteiger partial charge on any atom is 0.255 e. The van der Waals surface area contributed by atoms with Crippen LogP contribution in [0.2, 0.25) is 0 Å². The Morgan fingerprint density at radius 1 is 1.09 bits per heavy atom. The van der Waals surface area contributed by atoms with Crippen molar-refractivity contribution in [1.29, 1.82) is 0 Å². The van der Waals surface area contributed by atoms with Crippen LogP contribution in [0.15, 0.2) is 48.5 Å². The zero-order valence-electron chi connectivity index (χ0n) is 18.4. The van der Waals surface area contributed by atoms with Gasteiger partial charge in [0.15, 0.2) is 0 Å². The zero-order valence-corrected chi connectivity index (χ0v) is 19.2. The van der Waals surface area contributed by atoms with Gasteiger partial charge in [0.25, 0.3) is 5.91 Å². The Hall–Kier alpha value is -2.38. The van der Waals surface area contributed by atoms with E-state index in [1.165, 1.54) is 43.2 Å². The molecule has 170 valence electrons. The number of amides is 2. The first-order valence-electron chi connectivity index (χ1n) is 11.3. The van der Waals surface area contributed by atoms with Gasteiger partial charge in [0.05, 0.1) is 0 Å². The first-order valence-corrected chi connectivity index (χ1v) is 12.3. The molecule has 2 aliphatic heterocycles. The van der Waals surface area contributed by atoms with Gasteiger partial charge in [0, 0.05) is 24.4 Å². The second-order valence-electron chi connectivity index (χ2n) is 8.53. The Kier molecular flexibility index (Phi) is 7.48. The summed E-state index contributed by atoms with van der Waals surface area (Å²) in [7, 11) is 0. The molecule has 2 aromatic rings. The number of carbonyl (C=O) groups excluding carboxylic acids is 2. The van der Waals surface area contributed by atoms with Gasteiger partial charge in [-0.25, -0.2) is 4.39 Å². The number of piperidine rings is 1. The predicted octanol–water partition coefficient (Wildman–Crippen LogP) is 3.99. The molecule has 2 aromatic carbocycles. The Labute approximate surface area is 193 Å². The predicted molar refractivity (Wildman–Crippen MR) is 126 cm³/mol. The van der Waals surface area contributed by atoms with E-state index in [1.807, 2.05) is 31.2 Å². The molecule has 2 saturated heterocycles. The van der Waals surface area contributed by atoms with E-state index in [0.717, 1.165) is 25.2 Å². The molecule has 0 aliphatic carbocycles. The van der Waals surface area contributed by atoms with E-state index < -0.39 is 11.4 Å². The smallest absolute Gasteiger partial charge is 0.255 e. The Bertz CT molecular complexity index is 964. The molecule has 0 bridgehead atoms. The summed E-state index contributed by atoms with van der Waals surface area (Å²) in [6, 6.07) is 13.1. The highest BCUT2D eigenvalue weighted by atomic mass is 32.2. The first kappa shape index (κ1) is 22.8. The largest absolute Gasteiger partial charge is 0.353 e. The number of nitrogens with one attached hydrogen (secondary N) is 1. The standard InChI is InChI=1S/C25H30FN3O2S/c1-18-7-5-8-19(15-18)24(31)29-22(17-32-25(29)20-9-6-10-21(26)16-20)23(30)27-11-14-28-12-3-2-4-13-28/h5-10,15-16,22,25H,2-4,11-14,17H2,1H3,(H,27,30). The van der Waals surface area contributed by atoms with E-state index in [-0.39, 0.29) is 17.6 Å². The third kappa shape index (κ3) is 5.33. The van der Waals surface area contributed by atoms with Crippen LogP contribution in [-0.4, -0.2) is 59.6 Å². The topological polar surface area (TPSA) is 52.7 Å². The molecular formula is C25H30FN3O2S. The molecule has 2 unspecified atom stereocenters. The molecule has 32 heavy (non-hydrogen) atoms. The van der Waals surface area contributed by atoms with Crippen molar-refractivity contribution in [3.63, 3.8) is 0 Å². The highest BCUT2D eigenvalue weighted by Gasteiger charge is 2.42. The Balaban J connectivity index is 1.52. The van der Waals surface area contributed by atoms with E-state index in [1.54, 1.807) is 17.0 Å². The number of halogens is 1. The molecule has 0 aromatic heterocycles. The van der Waals surface area contributed by atoms with Gasteiger partial charge in [-0.2, -0.15) is 0 Å². The molecule has 0 spiro atoms. The van der Waals surface area contributed by atoms with Crippen LogP contribution < -0.4 is 5.32 Å². The summed E-state index contributed by atoms with van der Waals surface area (Å²) < 4.78 is 13.9. The third-order valence-electron chi connectivity index (χ3n) is 6.11. The third-order valence-corrected chi connectivity index (χ3v) is 7.44. The van der Waals surface area contributed by atoms with E-state index >= 15 is 0 Å². The van der Waals surface area contributed by atoms with Crippen LogP contribution in [0.25, 0.3) is 0 Å². The number of hydrogen-bond donors (Lipinski definition) is 1. The summed E-state index contributed by atoms with van der Waals surface area (Å²) >= 11 is 1.50. The minimum atomic E-state index is -0.595. The van der Waals surface area contributed by atoms with Gasteiger partial charge in [-0.3, -0.25) is 9.59 Å². The van der Waals surface area contributed by atoms with Crippen LogP contribution in [0.5, 0.6) is 0 Å². The van der Waals surface area contributed by atoms with Gasteiger partial charge in [0.1, 0.15) is 17.2 Å². The highest BCUT2D eigenvalue weighted by Crippen LogP contribution is 2.42. The van der Waals surface area contributed by atoms with Gasteiger partial charge >= 0.3 is 0 Å². The molecule has 2 aliphatic rings. The van der Waals surface area contributed by atoms with Gasteiger partial charge in [0.2, 0.25) is 5.91 Å². The van der Waals surface area contributed by atoms with Crippen molar-refractivity contribution in [3.8, 4) is 0 Å². The summed E-state index contributed by atoms with van der Waals surface area (Å²) in [5, 5.41) is 2.64. The summed E-state index contributed by atoms with van der Waals surface area (Å²) in [6.07, 6.45) is 3.70. The van der Waals surface area contributed by atoms with Crippen molar-refractivity contribution in [3.05, 3.63) is 71.0 Å².